The maximum Gasteiger partial charge on any atom is 0.0737 e. The van der Waals surface area contributed by atoms with Crippen molar-refractivity contribution in [2.45, 2.75) is 13.3 Å². The van der Waals surface area contributed by atoms with Gasteiger partial charge in [-0.2, -0.15) is 0 Å². The largest absolute Gasteiger partial charge is 0.287 e. The summed E-state index contributed by atoms with van der Waals surface area (Å²) in [6.07, 6.45) is 12.9. The van der Waals surface area contributed by atoms with Crippen LogP contribution in [0.15, 0.2) is 82.5 Å². The van der Waals surface area contributed by atoms with Crippen LogP contribution in [0, 0.1) is 0 Å². The average Bonchev–Trinajstić information content (AvgIpc) is 2.56. The Morgan fingerprint density at radius 1 is 1.22 bits per heavy atom. The molecule has 23 heavy (non-hydrogen) atoms. The molecule has 0 aromatic heterocycles. The lowest BCUT2D eigenvalue weighted by Crippen LogP contribution is -2.10. The maximum absolute atomic E-state index is 4.48. The van der Waals surface area contributed by atoms with E-state index < -0.39 is 0 Å². The molecule has 1 aliphatic rings. The van der Waals surface area contributed by atoms with E-state index in [1.807, 2.05) is 26.1 Å². The van der Waals surface area contributed by atoms with Crippen LogP contribution in [0.3, 0.4) is 0 Å². The van der Waals surface area contributed by atoms with Crippen molar-refractivity contribution in [3.8, 4) is 0 Å². The summed E-state index contributed by atoms with van der Waals surface area (Å²) in [6.45, 7) is 9.43. The fourth-order valence-electron chi connectivity index (χ4n) is 2.67. The average molecular weight is 302 g/mol. The zero-order valence-corrected chi connectivity index (χ0v) is 13.8. The topological polar surface area (TPSA) is 24.7 Å². The van der Waals surface area contributed by atoms with E-state index in [1.54, 1.807) is 6.20 Å². The fraction of sp³-hybridized carbons (Fsp3) is 0.143. The Labute approximate surface area is 138 Å². The highest BCUT2D eigenvalue weighted by atomic mass is 14.7. The lowest BCUT2D eigenvalue weighted by Gasteiger charge is -2.18. The quantitative estimate of drug-likeness (QED) is 0.522. The summed E-state index contributed by atoms with van der Waals surface area (Å²) < 4.78 is 0. The molecule has 0 heterocycles. The molecule has 0 radical (unpaired) electrons. The second-order valence-electron chi connectivity index (χ2n) is 5.23. The van der Waals surface area contributed by atoms with Crippen LogP contribution >= 0.6 is 0 Å². The maximum atomic E-state index is 4.48. The molecule has 0 saturated heterocycles. The first kappa shape index (κ1) is 16.6. The van der Waals surface area contributed by atoms with Gasteiger partial charge >= 0.3 is 0 Å². The van der Waals surface area contributed by atoms with E-state index in [1.165, 1.54) is 11.1 Å². The van der Waals surface area contributed by atoms with Gasteiger partial charge in [-0.25, -0.2) is 0 Å². The molecule has 0 bridgehead atoms. The van der Waals surface area contributed by atoms with Crippen molar-refractivity contribution in [3.05, 3.63) is 83.6 Å². The van der Waals surface area contributed by atoms with E-state index >= 15 is 0 Å². The van der Waals surface area contributed by atoms with Crippen LogP contribution in [-0.2, 0) is 0 Å². The molecule has 2 nitrogen and oxygen atoms in total. The number of rotatable bonds is 5. The van der Waals surface area contributed by atoms with E-state index in [0.717, 1.165) is 28.8 Å². The predicted molar refractivity (Wildman–Crippen MR) is 103 cm³/mol. The van der Waals surface area contributed by atoms with Crippen LogP contribution < -0.4 is 0 Å². The van der Waals surface area contributed by atoms with Crippen LogP contribution in [0.5, 0.6) is 0 Å². The standard InChI is InChI=1S/C21H22N2/c1-5-8-16-10-7-11-18(12-16)20-14-17(9-6-2)13-19(15-22-3)21(20)23-4/h5-8,10-15H,2-3,9H2,1,4H3/b8-5+,19-15-,23-21+. The van der Waals surface area contributed by atoms with Gasteiger partial charge in [0, 0.05) is 24.4 Å². The van der Waals surface area contributed by atoms with E-state index in [2.05, 4.69) is 65.8 Å². The van der Waals surface area contributed by atoms with Crippen LogP contribution in [0.25, 0.3) is 11.6 Å². The van der Waals surface area contributed by atoms with E-state index in [9.17, 15) is 0 Å². The van der Waals surface area contributed by atoms with Gasteiger partial charge in [0.25, 0.3) is 0 Å². The van der Waals surface area contributed by atoms with Crippen LogP contribution in [0.1, 0.15) is 24.5 Å². The SMILES string of the molecule is C=CCC1=CC(=C/N=C)/C(=N\C)C(c2cccc(/C=C/C)c2)=C1. The molecule has 0 N–H and O–H groups in total. The monoisotopic (exact) mass is 302 g/mol. The number of hydrogen-bond donors (Lipinski definition) is 0. The lowest BCUT2D eigenvalue weighted by atomic mass is 9.87. The summed E-state index contributed by atoms with van der Waals surface area (Å²) in [5, 5.41) is 0. The molecule has 0 spiro atoms. The number of hydrogen-bond acceptors (Lipinski definition) is 2. The predicted octanol–water partition coefficient (Wildman–Crippen LogP) is 5.27. The highest BCUT2D eigenvalue weighted by Crippen LogP contribution is 2.30. The minimum atomic E-state index is 0.809. The van der Waals surface area contributed by atoms with Gasteiger partial charge in [-0.3, -0.25) is 9.98 Å². The Morgan fingerprint density at radius 2 is 2.04 bits per heavy atom. The molecule has 0 saturated carbocycles. The molecule has 1 aliphatic carbocycles. The number of benzene rings is 1. The number of aliphatic imine (C=N–C) groups is 2. The van der Waals surface area contributed by atoms with Crippen molar-refractivity contribution < 1.29 is 0 Å². The third-order valence-corrected chi connectivity index (χ3v) is 3.59. The van der Waals surface area contributed by atoms with Gasteiger partial charge in [-0.15, -0.1) is 6.58 Å². The third kappa shape index (κ3) is 3.92. The highest BCUT2D eigenvalue weighted by Gasteiger charge is 2.18. The van der Waals surface area contributed by atoms with Crippen molar-refractivity contribution in [2.75, 3.05) is 7.05 Å². The summed E-state index contributed by atoms with van der Waals surface area (Å²) in [6, 6.07) is 8.45. The molecule has 0 amide bonds. The molecule has 2 rings (SSSR count). The molecule has 2 heteroatoms. The normalized spacial score (nSPS) is 18.2. The van der Waals surface area contributed by atoms with Gasteiger partial charge in [0.1, 0.15) is 0 Å². The Balaban J connectivity index is 2.59. The van der Waals surface area contributed by atoms with Gasteiger partial charge in [0.05, 0.1) is 5.71 Å². The van der Waals surface area contributed by atoms with Gasteiger partial charge in [0.15, 0.2) is 0 Å². The Kier molecular flexibility index (Phi) is 5.81. The van der Waals surface area contributed by atoms with Crippen LogP contribution in [-0.4, -0.2) is 19.5 Å². The highest BCUT2D eigenvalue weighted by molar-refractivity contribution is 6.34. The van der Waals surface area contributed by atoms with E-state index in [0.29, 0.717) is 0 Å². The third-order valence-electron chi connectivity index (χ3n) is 3.59. The molecular weight excluding hydrogens is 280 g/mol. The molecule has 0 atom stereocenters. The van der Waals surface area contributed by atoms with Crippen molar-refractivity contribution in [3.63, 3.8) is 0 Å². The number of nitrogens with zero attached hydrogens (tertiary/aromatic N) is 2. The molecular formula is C21H22N2. The van der Waals surface area contributed by atoms with Gasteiger partial charge in [-0.1, -0.05) is 36.4 Å². The van der Waals surface area contributed by atoms with Crippen molar-refractivity contribution in [1.29, 1.82) is 0 Å². The van der Waals surface area contributed by atoms with E-state index in [-0.39, 0.29) is 0 Å². The first-order valence-electron chi connectivity index (χ1n) is 7.63. The zero-order valence-electron chi connectivity index (χ0n) is 13.8. The summed E-state index contributed by atoms with van der Waals surface area (Å²) in [5.74, 6) is 0. The smallest absolute Gasteiger partial charge is 0.0737 e. The van der Waals surface area contributed by atoms with Crippen molar-refractivity contribution in [2.24, 2.45) is 9.98 Å². The Bertz CT molecular complexity index is 756. The second-order valence-corrected chi connectivity index (χ2v) is 5.23. The Hall–Kier alpha value is -2.74. The first-order valence-corrected chi connectivity index (χ1v) is 7.63. The van der Waals surface area contributed by atoms with Gasteiger partial charge < -0.3 is 0 Å². The minimum Gasteiger partial charge on any atom is -0.287 e. The first-order chi connectivity index (χ1) is 11.2. The molecule has 1 aromatic carbocycles. The minimum absolute atomic E-state index is 0.809. The Morgan fingerprint density at radius 3 is 2.70 bits per heavy atom. The number of allylic oxidation sites excluding steroid dienone is 7. The van der Waals surface area contributed by atoms with Gasteiger partial charge in [0.2, 0.25) is 0 Å². The van der Waals surface area contributed by atoms with Gasteiger partial charge in [-0.05, 0) is 55.0 Å². The van der Waals surface area contributed by atoms with Crippen molar-refractivity contribution in [1.82, 2.24) is 0 Å². The lowest BCUT2D eigenvalue weighted by molar-refractivity contribution is 1.27. The molecule has 0 aliphatic heterocycles. The molecule has 1 aromatic rings. The molecule has 116 valence electrons. The summed E-state index contributed by atoms with van der Waals surface area (Å²) in [5.41, 5.74) is 6.53. The summed E-state index contributed by atoms with van der Waals surface area (Å²) in [7, 11) is 1.81. The molecule has 0 unspecified atom stereocenters. The molecule has 0 fully saturated rings. The van der Waals surface area contributed by atoms with Crippen molar-refractivity contribution >= 4 is 24.1 Å². The van der Waals surface area contributed by atoms with Crippen LogP contribution in [0.2, 0.25) is 0 Å². The summed E-state index contributed by atoms with van der Waals surface area (Å²) >= 11 is 0. The summed E-state index contributed by atoms with van der Waals surface area (Å²) in [4.78, 5) is 8.41. The second kappa shape index (κ2) is 8.04. The van der Waals surface area contributed by atoms with Crippen LogP contribution in [0.4, 0.5) is 0 Å². The van der Waals surface area contributed by atoms with E-state index in [4.69, 9.17) is 0 Å². The fourth-order valence-corrected chi connectivity index (χ4v) is 2.67. The zero-order chi connectivity index (χ0) is 16.7.